The highest BCUT2D eigenvalue weighted by Crippen LogP contribution is 2.31. The van der Waals surface area contributed by atoms with Crippen molar-refractivity contribution in [3.05, 3.63) is 34.4 Å². The van der Waals surface area contributed by atoms with Gasteiger partial charge in [0.25, 0.3) is 0 Å². The third-order valence-electron chi connectivity index (χ3n) is 3.18. The van der Waals surface area contributed by atoms with E-state index in [4.69, 9.17) is 11.6 Å². The lowest BCUT2D eigenvalue weighted by Gasteiger charge is -2.34. The number of nitrogens with zero attached hydrogens (tertiary/aromatic N) is 1. The van der Waals surface area contributed by atoms with Gasteiger partial charge in [0.1, 0.15) is 11.6 Å². The minimum absolute atomic E-state index is 0. The van der Waals surface area contributed by atoms with Crippen molar-refractivity contribution in [3.63, 3.8) is 0 Å². The van der Waals surface area contributed by atoms with E-state index in [0.717, 1.165) is 25.2 Å². The number of rotatable bonds is 3. The predicted molar refractivity (Wildman–Crippen MR) is 72.9 cm³/mol. The number of hydrogen-bond acceptors (Lipinski definition) is 3. The fourth-order valence-corrected chi connectivity index (χ4v) is 2.51. The van der Waals surface area contributed by atoms with Crippen LogP contribution in [-0.4, -0.2) is 42.8 Å². The highest BCUT2D eigenvalue weighted by molar-refractivity contribution is 6.31. The highest BCUT2D eigenvalue weighted by atomic mass is 35.5. The van der Waals surface area contributed by atoms with Gasteiger partial charge in [0, 0.05) is 31.7 Å². The summed E-state index contributed by atoms with van der Waals surface area (Å²) in [5.41, 5.74) is 0.0427. The standard InChI is InChI=1S/C12H15ClF2N2O.ClH/c13-12-9(15)2-1-8(14)11(12)10(7-18)17-5-3-16-4-6-17;/h1-2,10,16,18H,3-7H2;1H/t10-;/m0./s1. The van der Waals surface area contributed by atoms with Crippen LogP contribution in [0.5, 0.6) is 0 Å². The third-order valence-corrected chi connectivity index (χ3v) is 3.56. The van der Waals surface area contributed by atoms with Gasteiger partial charge in [-0.25, -0.2) is 8.78 Å². The molecular formula is C12H16Cl2F2N2O. The van der Waals surface area contributed by atoms with E-state index in [9.17, 15) is 13.9 Å². The van der Waals surface area contributed by atoms with Crippen LogP contribution in [-0.2, 0) is 0 Å². The summed E-state index contributed by atoms with van der Waals surface area (Å²) in [4.78, 5) is 1.90. The van der Waals surface area contributed by atoms with Crippen LogP contribution in [0.4, 0.5) is 8.78 Å². The van der Waals surface area contributed by atoms with Crippen LogP contribution in [0.2, 0.25) is 5.02 Å². The Labute approximate surface area is 122 Å². The number of aliphatic hydroxyl groups excluding tert-OH is 1. The van der Waals surface area contributed by atoms with Gasteiger partial charge >= 0.3 is 0 Å². The molecule has 108 valence electrons. The lowest BCUT2D eigenvalue weighted by molar-refractivity contribution is 0.108. The fraction of sp³-hybridized carbons (Fsp3) is 0.500. The molecule has 1 heterocycles. The van der Waals surface area contributed by atoms with Gasteiger partial charge in [-0.1, -0.05) is 11.6 Å². The molecule has 7 heteroatoms. The normalized spacial score (nSPS) is 17.9. The first-order chi connectivity index (χ1) is 8.65. The first kappa shape index (κ1) is 16.6. The summed E-state index contributed by atoms with van der Waals surface area (Å²) in [6, 6.07) is 1.43. The highest BCUT2D eigenvalue weighted by Gasteiger charge is 2.27. The van der Waals surface area contributed by atoms with Crippen LogP contribution in [0.15, 0.2) is 12.1 Å². The van der Waals surface area contributed by atoms with Crippen LogP contribution in [0.25, 0.3) is 0 Å². The Bertz CT molecular complexity index is 428. The van der Waals surface area contributed by atoms with E-state index >= 15 is 0 Å². The van der Waals surface area contributed by atoms with Crippen molar-refractivity contribution in [2.24, 2.45) is 0 Å². The molecule has 0 saturated carbocycles. The second-order valence-electron chi connectivity index (χ2n) is 4.24. The van der Waals surface area contributed by atoms with Gasteiger partial charge in [-0.05, 0) is 12.1 Å². The van der Waals surface area contributed by atoms with E-state index < -0.39 is 17.7 Å². The summed E-state index contributed by atoms with van der Waals surface area (Å²) < 4.78 is 27.2. The molecule has 1 aromatic rings. The molecule has 19 heavy (non-hydrogen) atoms. The van der Waals surface area contributed by atoms with Crippen molar-refractivity contribution in [2.75, 3.05) is 32.8 Å². The second-order valence-corrected chi connectivity index (χ2v) is 4.62. The molecule has 0 bridgehead atoms. The van der Waals surface area contributed by atoms with E-state index in [1.807, 2.05) is 4.90 Å². The van der Waals surface area contributed by atoms with Gasteiger partial charge in [0.05, 0.1) is 17.7 Å². The quantitative estimate of drug-likeness (QED) is 0.838. The Balaban J connectivity index is 0.00000180. The molecule has 1 atom stereocenters. The zero-order valence-corrected chi connectivity index (χ0v) is 11.8. The van der Waals surface area contributed by atoms with Crippen LogP contribution in [0, 0.1) is 11.6 Å². The molecule has 0 radical (unpaired) electrons. The van der Waals surface area contributed by atoms with Gasteiger partial charge in [-0.3, -0.25) is 4.90 Å². The van der Waals surface area contributed by atoms with Gasteiger partial charge < -0.3 is 10.4 Å². The number of piperazine rings is 1. The maximum atomic E-state index is 13.8. The minimum atomic E-state index is -0.665. The van der Waals surface area contributed by atoms with Crippen molar-refractivity contribution < 1.29 is 13.9 Å². The van der Waals surface area contributed by atoms with Gasteiger partial charge in [0.15, 0.2) is 0 Å². The molecule has 0 unspecified atom stereocenters. The Morgan fingerprint density at radius 2 is 1.84 bits per heavy atom. The fourth-order valence-electron chi connectivity index (χ4n) is 2.23. The van der Waals surface area contributed by atoms with Crippen LogP contribution in [0.3, 0.4) is 0 Å². The molecule has 1 fully saturated rings. The maximum absolute atomic E-state index is 13.8. The summed E-state index contributed by atoms with van der Waals surface area (Å²) in [7, 11) is 0. The molecule has 1 aliphatic rings. The summed E-state index contributed by atoms with van der Waals surface area (Å²) in [6.07, 6.45) is 0. The van der Waals surface area contributed by atoms with E-state index in [1.54, 1.807) is 0 Å². The zero-order chi connectivity index (χ0) is 13.1. The molecular weight excluding hydrogens is 297 g/mol. The lowest BCUT2D eigenvalue weighted by Crippen LogP contribution is -2.46. The van der Waals surface area contributed by atoms with Crippen molar-refractivity contribution in [1.29, 1.82) is 0 Å². The van der Waals surface area contributed by atoms with Gasteiger partial charge in [-0.15, -0.1) is 12.4 Å². The molecule has 0 spiro atoms. The smallest absolute Gasteiger partial charge is 0.142 e. The molecule has 2 N–H and O–H groups in total. The van der Waals surface area contributed by atoms with Crippen LogP contribution < -0.4 is 5.32 Å². The Kier molecular flexibility index (Phi) is 6.42. The molecule has 3 nitrogen and oxygen atoms in total. The van der Waals surface area contributed by atoms with Crippen LogP contribution in [0.1, 0.15) is 11.6 Å². The summed E-state index contributed by atoms with van der Waals surface area (Å²) in [5, 5.41) is 12.4. The lowest BCUT2D eigenvalue weighted by atomic mass is 10.0. The number of benzene rings is 1. The minimum Gasteiger partial charge on any atom is -0.394 e. The van der Waals surface area contributed by atoms with Crippen molar-refractivity contribution >= 4 is 24.0 Å². The topological polar surface area (TPSA) is 35.5 Å². The van der Waals surface area contributed by atoms with Crippen molar-refractivity contribution in [2.45, 2.75) is 6.04 Å². The number of hydrogen-bond donors (Lipinski definition) is 2. The van der Waals surface area contributed by atoms with E-state index in [-0.39, 0.29) is 29.6 Å². The van der Waals surface area contributed by atoms with Gasteiger partial charge in [-0.2, -0.15) is 0 Å². The SMILES string of the molecule is Cl.OC[C@@H](c1c(F)ccc(F)c1Cl)N1CCNCC1. The first-order valence-electron chi connectivity index (χ1n) is 5.84. The molecule has 1 saturated heterocycles. The Morgan fingerprint density at radius 1 is 1.26 bits per heavy atom. The molecule has 0 amide bonds. The third kappa shape index (κ3) is 3.55. The molecule has 1 aliphatic heterocycles. The largest absolute Gasteiger partial charge is 0.394 e. The average molecular weight is 313 g/mol. The van der Waals surface area contributed by atoms with Crippen molar-refractivity contribution in [1.82, 2.24) is 10.2 Å². The van der Waals surface area contributed by atoms with Crippen molar-refractivity contribution in [3.8, 4) is 0 Å². The number of nitrogens with one attached hydrogen (secondary N) is 1. The maximum Gasteiger partial charge on any atom is 0.142 e. The molecule has 2 rings (SSSR count). The van der Waals surface area contributed by atoms with E-state index in [2.05, 4.69) is 5.32 Å². The summed E-state index contributed by atoms with van der Waals surface area (Å²) >= 11 is 5.82. The first-order valence-corrected chi connectivity index (χ1v) is 6.22. The molecule has 0 aliphatic carbocycles. The van der Waals surface area contributed by atoms with E-state index in [0.29, 0.717) is 13.1 Å². The zero-order valence-electron chi connectivity index (χ0n) is 10.2. The molecule has 1 aromatic carbocycles. The second kappa shape index (κ2) is 7.36. The Morgan fingerprint density at radius 3 is 2.42 bits per heavy atom. The Hall–Kier alpha value is -0.460. The predicted octanol–water partition coefficient (Wildman–Crippen LogP) is 1.98. The summed E-state index contributed by atoms with van der Waals surface area (Å²) in [6.45, 7) is 2.55. The monoisotopic (exact) mass is 312 g/mol. The molecule has 0 aromatic heterocycles. The number of halogens is 4. The summed E-state index contributed by atoms with van der Waals surface area (Å²) in [5.74, 6) is -1.25. The van der Waals surface area contributed by atoms with E-state index in [1.165, 1.54) is 0 Å². The average Bonchev–Trinajstić information content (AvgIpc) is 2.40. The van der Waals surface area contributed by atoms with Crippen LogP contribution >= 0.6 is 24.0 Å². The number of aliphatic hydroxyl groups is 1. The van der Waals surface area contributed by atoms with Gasteiger partial charge in [0.2, 0.25) is 0 Å².